The summed E-state index contributed by atoms with van der Waals surface area (Å²) in [4.78, 5) is 79.4. The molecular formula is C31H51N5O7. The quantitative estimate of drug-likeness (QED) is 0.134. The van der Waals surface area contributed by atoms with Gasteiger partial charge in [-0.15, -0.1) is 6.58 Å². The Kier molecular flexibility index (Phi) is 14.1. The van der Waals surface area contributed by atoms with E-state index in [0.717, 1.165) is 38.5 Å². The standard InChI is InChI=1S/C31H51N5O7/c1-7-9-15-22(26(38)28(40)32-17-8-2)34-27(39)25-20(3)16-18-36(25)29(41)24(21-13-11-10-12-14-21)35-30(42)33-19-23(37)43-31(4,5)6/h8,20-22,24-25H,2,7,9-19H2,1,3-6H3,(H,32,40)(H,34,39)(H2,33,35,42)/t20-,22?,24?,25-/m0/s1. The second-order valence-corrected chi connectivity index (χ2v) is 12.6. The fourth-order valence-corrected chi connectivity index (χ4v) is 5.69. The van der Waals surface area contributed by atoms with E-state index in [9.17, 15) is 28.8 Å². The molecule has 12 nitrogen and oxygen atoms in total. The lowest BCUT2D eigenvalue weighted by atomic mass is 9.83. The average molecular weight is 606 g/mol. The number of ether oxygens (including phenoxy) is 1. The Bertz CT molecular complexity index is 1020. The van der Waals surface area contributed by atoms with E-state index in [4.69, 9.17) is 4.74 Å². The number of nitrogens with zero attached hydrogens (tertiary/aromatic N) is 1. The number of hydrogen-bond donors (Lipinski definition) is 4. The lowest BCUT2D eigenvalue weighted by Crippen LogP contribution is -2.59. The number of esters is 1. The number of carbonyl (C=O) groups is 6. The molecule has 0 radical (unpaired) electrons. The molecule has 12 heteroatoms. The van der Waals surface area contributed by atoms with Crippen molar-refractivity contribution >= 4 is 35.5 Å². The van der Waals surface area contributed by atoms with E-state index in [-0.39, 0.29) is 30.8 Å². The summed E-state index contributed by atoms with van der Waals surface area (Å²) in [5.41, 5.74) is -0.701. The summed E-state index contributed by atoms with van der Waals surface area (Å²) in [7, 11) is 0. The number of nitrogens with one attached hydrogen (secondary N) is 4. The maximum absolute atomic E-state index is 14.1. The summed E-state index contributed by atoms with van der Waals surface area (Å²) >= 11 is 0. The molecule has 2 aliphatic rings. The van der Waals surface area contributed by atoms with Crippen molar-refractivity contribution in [3.8, 4) is 0 Å². The van der Waals surface area contributed by atoms with E-state index in [0.29, 0.717) is 25.8 Å². The molecule has 5 amide bonds. The van der Waals surface area contributed by atoms with Crippen LogP contribution in [0.2, 0.25) is 0 Å². The second kappa shape index (κ2) is 17.0. The van der Waals surface area contributed by atoms with Gasteiger partial charge in [0.25, 0.3) is 5.91 Å². The Morgan fingerprint density at radius 3 is 2.28 bits per heavy atom. The van der Waals surface area contributed by atoms with Gasteiger partial charge in [0.1, 0.15) is 24.2 Å². The van der Waals surface area contributed by atoms with Crippen molar-refractivity contribution in [3.63, 3.8) is 0 Å². The van der Waals surface area contributed by atoms with Crippen molar-refractivity contribution in [2.75, 3.05) is 19.6 Å². The Labute approximate surface area is 255 Å². The minimum atomic E-state index is -1.02. The summed E-state index contributed by atoms with van der Waals surface area (Å²) in [5.74, 6) is -3.33. The molecule has 4 atom stereocenters. The lowest BCUT2D eigenvalue weighted by molar-refractivity contribution is -0.153. The highest BCUT2D eigenvalue weighted by Gasteiger charge is 2.44. The van der Waals surface area contributed by atoms with Crippen LogP contribution in [-0.2, 0) is 28.7 Å². The Morgan fingerprint density at radius 1 is 1.00 bits per heavy atom. The van der Waals surface area contributed by atoms with E-state index in [1.165, 1.54) is 11.0 Å². The summed E-state index contributed by atoms with van der Waals surface area (Å²) in [5, 5.41) is 10.5. The highest BCUT2D eigenvalue weighted by molar-refractivity contribution is 6.38. The van der Waals surface area contributed by atoms with Gasteiger partial charge in [-0.2, -0.15) is 0 Å². The van der Waals surface area contributed by atoms with E-state index in [2.05, 4.69) is 27.8 Å². The lowest BCUT2D eigenvalue weighted by Gasteiger charge is -2.35. The molecule has 43 heavy (non-hydrogen) atoms. The first kappa shape index (κ1) is 35.8. The first-order chi connectivity index (χ1) is 20.3. The molecule has 242 valence electrons. The number of amides is 5. The fourth-order valence-electron chi connectivity index (χ4n) is 5.69. The van der Waals surface area contributed by atoms with Crippen LogP contribution >= 0.6 is 0 Å². The summed E-state index contributed by atoms with van der Waals surface area (Å²) < 4.78 is 5.24. The maximum atomic E-state index is 14.1. The highest BCUT2D eigenvalue weighted by atomic mass is 16.6. The van der Waals surface area contributed by atoms with Gasteiger partial charge in [-0.25, -0.2) is 4.79 Å². The summed E-state index contributed by atoms with van der Waals surface area (Å²) in [6, 6.07) is -3.44. The molecule has 2 fully saturated rings. The van der Waals surface area contributed by atoms with Crippen LogP contribution in [0.4, 0.5) is 4.79 Å². The largest absolute Gasteiger partial charge is 0.459 e. The smallest absolute Gasteiger partial charge is 0.325 e. The minimum Gasteiger partial charge on any atom is -0.459 e. The second-order valence-electron chi connectivity index (χ2n) is 12.6. The molecule has 2 unspecified atom stereocenters. The monoisotopic (exact) mass is 605 g/mol. The third-order valence-corrected chi connectivity index (χ3v) is 7.85. The van der Waals surface area contributed by atoms with Crippen molar-refractivity contribution in [1.29, 1.82) is 0 Å². The van der Waals surface area contributed by atoms with Crippen LogP contribution in [0.25, 0.3) is 0 Å². The summed E-state index contributed by atoms with van der Waals surface area (Å²) in [6.07, 6.45) is 8.10. The molecule has 1 aliphatic carbocycles. The normalized spacial score (nSPS) is 20.3. The number of rotatable bonds is 14. The Morgan fingerprint density at radius 2 is 1.67 bits per heavy atom. The highest BCUT2D eigenvalue weighted by Crippen LogP contribution is 2.31. The molecule has 1 saturated carbocycles. The maximum Gasteiger partial charge on any atom is 0.325 e. The molecular weight excluding hydrogens is 554 g/mol. The molecule has 0 bridgehead atoms. The zero-order chi connectivity index (χ0) is 32.2. The molecule has 4 N–H and O–H groups in total. The first-order valence-corrected chi connectivity index (χ1v) is 15.6. The van der Waals surface area contributed by atoms with Gasteiger partial charge in [0.2, 0.25) is 17.6 Å². The average Bonchev–Trinajstić information content (AvgIpc) is 3.35. The number of likely N-dealkylation sites (tertiary alicyclic amines) is 1. The van der Waals surface area contributed by atoms with Crippen molar-refractivity contribution in [2.24, 2.45) is 11.8 Å². The van der Waals surface area contributed by atoms with Crippen LogP contribution in [-0.4, -0.2) is 83.8 Å². The van der Waals surface area contributed by atoms with E-state index in [1.54, 1.807) is 20.8 Å². The first-order valence-electron chi connectivity index (χ1n) is 15.6. The van der Waals surface area contributed by atoms with Crippen molar-refractivity contribution in [1.82, 2.24) is 26.2 Å². The predicted octanol–water partition coefficient (Wildman–Crippen LogP) is 2.36. The van der Waals surface area contributed by atoms with Crippen LogP contribution in [0.1, 0.15) is 92.4 Å². The molecule has 1 aliphatic heterocycles. The van der Waals surface area contributed by atoms with Gasteiger partial charge in [-0.1, -0.05) is 52.0 Å². The van der Waals surface area contributed by atoms with Gasteiger partial charge in [0, 0.05) is 13.1 Å². The number of carbonyl (C=O) groups excluding carboxylic acids is 6. The molecule has 0 aromatic carbocycles. The summed E-state index contributed by atoms with van der Waals surface area (Å²) in [6.45, 7) is 12.6. The third kappa shape index (κ3) is 11.3. The van der Waals surface area contributed by atoms with Crippen LogP contribution in [0, 0.1) is 11.8 Å². The molecule has 1 saturated heterocycles. The van der Waals surface area contributed by atoms with E-state index < -0.39 is 53.3 Å². The van der Waals surface area contributed by atoms with Crippen molar-refractivity contribution in [2.45, 2.75) is 116 Å². The van der Waals surface area contributed by atoms with Gasteiger partial charge >= 0.3 is 12.0 Å². The molecule has 0 spiro atoms. The molecule has 2 rings (SSSR count). The van der Waals surface area contributed by atoms with Crippen molar-refractivity contribution < 1.29 is 33.5 Å². The predicted molar refractivity (Wildman–Crippen MR) is 162 cm³/mol. The zero-order valence-corrected chi connectivity index (χ0v) is 26.5. The van der Waals surface area contributed by atoms with Crippen LogP contribution < -0.4 is 21.3 Å². The SMILES string of the molecule is C=CCNC(=O)C(=O)C(CCCC)NC(=O)[C@@H]1[C@@H](C)CCN1C(=O)C(NC(=O)NCC(=O)OC(C)(C)C)C1CCCCC1. The minimum absolute atomic E-state index is 0.124. The van der Waals surface area contributed by atoms with Crippen LogP contribution in [0.3, 0.4) is 0 Å². The number of Topliss-reactive ketones (excluding diaryl/α,β-unsaturated/α-hetero) is 1. The van der Waals surface area contributed by atoms with E-state index in [1.807, 2.05) is 13.8 Å². The fraction of sp³-hybridized carbons (Fsp3) is 0.742. The van der Waals surface area contributed by atoms with Crippen molar-refractivity contribution in [3.05, 3.63) is 12.7 Å². The molecule has 1 heterocycles. The van der Waals surface area contributed by atoms with Gasteiger partial charge in [-0.3, -0.25) is 24.0 Å². The zero-order valence-electron chi connectivity index (χ0n) is 26.5. The third-order valence-electron chi connectivity index (χ3n) is 7.85. The molecule has 0 aromatic heterocycles. The van der Waals surface area contributed by atoms with Gasteiger partial charge in [-0.05, 0) is 58.3 Å². The number of unbranched alkanes of at least 4 members (excludes halogenated alkanes) is 1. The van der Waals surface area contributed by atoms with Crippen LogP contribution in [0.15, 0.2) is 12.7 Å². The Balaban J connectivity index is 2.20. The van der Waals surface area contributed by atoms with E-state index >= 15 is 0 Å². The number of ketones is 1. The van der Waals surface area contributed by atoms with Gasteiger partial charge in [0.05, 0.1) is 6.04 Å². The van der Waals surface area contributed by atoms with Gasteiger partial charge < -0.3 is 30.9 Å². The van der Waals surface area contributed by atoms with Crippen LogP contribution in [0.5, 0.6) is 0 Å². The molecule has 0 aromatic rings. The Hall–Kier alpha value is -3.44. The van der Waals surface area contributed by atoms with Gasteiger partial charge in [0.15, 0.2) is 0 Å². The number of hydrogen-bond acceptors (Lipinski definition) is 7. The topological polar surface area (TPSA) is 163 Å². The number of urea groups is 1.